The Morgan fingerprint density at radius 3 is 2.72 bits per heavy atom. The normalized spacial score (nSPS) is 10.7. The number of anilines is 1. The van der Waals surface area contributed by atoms with E-state index in [2.05, 4.69) is 27.5 Å². The van der Waals surface area contributed by atoms with Crippen LogP contribution in [0.15, 0.2) is 36.9 Å². The number of rotatable bonds is 6. The van der Waals surface area contributed by atoms with E-state index < -0.39 is 0 Å². The van der Waals surface area contributed by atoms with Crippen molar-refractivity contribution in [3.05, 3.63) is 48.2 Å². The quantitative estimate of drug-likeness (QED) is 0.745. The minimum absolute atomic E-state index is 0.229. The summed E-state index contributed by atoms with van der Waals surface area (Å²) in [6, 6.07) is 7.01. The Bertz CT molecular complexity index is 869. The Morgan fingerprint density at radius 1 is 1.28 bits per heavy atom. The number of nitrogens with zero attached hydrogens (tertiary/aromatic N) is 5. The first-order valence-electron chi connectivity index (χ1n) is 8.01. The van der Waals surface area contributed by atoms with Crippen molar-refractivity contribution in [1.29, 1.82) is 0 Å². The number of carbonyl (C=O) groups is 1. The Hall–Kier alpha value is -3.16. The summed E-state index contributed by atoms with van der Waals surface area (Å²) < 4.78 is 8.73. The zero-order chi connectivity index (χ0) is 17.8. The highest BCUT2D eigenvalue weighted by molar-refractivity contribution is 6.05. The van der Waals surface area contributed by atoms with E-state index in [9.17, 15) is 4.79 Å². The van der Waals surface area contributed by atoms with E-state index in [4.69, 9.17) is 4.74 Å². The van der Waals surface area contributed by atoms with Crippen LogP contribution in [0.1, 0.15) is 29.4 Å². The summed E-state index contributed by atoms with van der Waals surface area (Å²) in [5, 5.41) is 15.2. The maximum absolute atomic E-state index is 12.7. The van der Waals surface area contributed by atoms with Gasteiger partial charge in [-0.1, -0.05) is 13.0 Å². The molecule has 0 aliphatic rings. The molecule has 8 nitrogen and oxygen atoms in total. The molecule has 0 unspecified atom stereocenters. The predicted molar refractivity (Wildman–Crippen MR) is 93.1 cm³/mol. The molecule has 0 fully saturated rings. The summed E-state index contributed by atoms with van der Waals surface area (Å²) in [7, 11) is 1.57. The molecule has 1 N–H and O–H groups in total. The third-order valence-corrected chi connectivity index (χ3v) is 3.86. The number of hydrogen-bond acceptors (Lipinski definition) is 5. The van der Waals surface area contributed by atoms with Gasteiger partial charge >= 0.3 is 0 Å². The SMILES string of the molecule is CCCn1nc(-n2cnnc2)c(NC(=O)c2cccc(OC)c2)c1C. The molecule has 0 saturated heterocycles. The molecule has 8 heteroatoms. The van der Waals surface area contributed by atoms with Crippen molar-refractivity contribution in [3.8, 4) is 11.6 Å². The maximum atomic E-state index is 12.7. The first-order chi connectivity index (χ1) is 12.1. The van der Waals surface area contributed by atoms with Crippen LogP contribution in [0, 0.1) is 6.92 Å². The molecular formula is C17H20N6O2. The minimum atomic E-state index is -0.229. The maximum Gasteiger partial charge on any atom is 0.255 e. The second kappa shape index (κ2) is 7.16. The first-order valence-corrected chi connectivity index (χ1v) is 8.01. The van der Waals surface area contributed by atoms with Crippen LogP contribution in [-0.4, -0.2) is 37.6 Å². The van der Waals surface area contributed by atoms with Gasteiger partial charge in [0.1, 0.15) is 24.1 Å². The fourth-order valence-corrected chi connectivity index (χ4v) is 2.55. The van der Waals surface area contributed by atoms with Gasteiger partial charge in [-0.25, -0.2) is 0 Å². The fourth-order valence-electron chi connectivity index (χ4n) is 2.55. The second-order valence-electron chi connectivity index (χ2n) is 5.56. The minimum Gasteiger partial charge on any atom is -0.497 e. The molecular weight excluding hydrogens is 320 g/mol. The second-order valence-corrected chi connectivity index (χ2v) is 5.56. The van der Waals surface area contributed by atoms with Gasteiger partial charge in [0.05, 0.1) is 12.8 Å². The Labute approximate surface area is 145 Å². The van der Waals surface area contributed by atoms with Gasteiger partial charge in [0, 0.05) is 12.1 Å². The van der Waals surface area contributed by atoms with Crippen LogP contribution < -0.4 is 10.1 Å². The fraction of sp³-hybridized carbons (Fsp3) is 0.294. The summed E-state index contributed by atoms with van der Waals surface area (Å²) >= 11 is 0. The summed E-state index contributed by atoms with van der Waals surface area (Å²) in [5.74, 6) is 0.990. The lowest BCUT2D eigenvalue weighted by molar-refractivity contribution is 0.102. The summed E-state index contributed by atoms with van der Waals surface area (Å²) in [6.45, 7) is 4.77. The number of aryl methyl sites for hydroxylation is 1. The molecule has 0 aliphatic heterocycles. The van der Waals surface area contributed by atoms with Crippen molar-refractivity contribution in [1.82, 2.24) is 24.5 Å². The summed E-state index contributed by atoms with van der Waals surface area (Å²) in [6.07, 6.45) is 4.05. The number of hydrogen-bond donors (Lipinski definition) is 1. The third kappa shape index (κ3) is 3.37. The van der Waals surface area contributed by atoms with Gasteiger partial charge in [0.2, 0.25) is 0 Å². The standard InChI is InChI=1S/C17H20N6O2/c1-4-8-23-12(2)15(16(21-23)22-10-18-19-11-22)20-17(24)13-6-5-7-14(9-13)25-3/h5-7,9-11H,4,8H2,1-3H3,(H,20,24). The lowest BCUT2D eigenvalue weighted by atomic mass is 10.2. The first kappa shape index (κ1) is 16.7. The van der Waals surface area contributed by atoms with Gasteiger partial charge < -0.3 is 10.1 Å². The van der Waals surface area contributed by atoms with Gasteiger partial charge in [-0.3, -0.25) is 14.0 Å². The van der Waals surface area contributed by atoms with Gasteiger partial charge in [-0.05, 0) is 31.5 Å². The topological polar surface area (TPSA) is 86.9 Å². The van der Waals surface area contributed by atoms with E-state index >= 15 is 0 Å². The average Bonchev–Trinajstić information content (AvgIpc) is 3.26. The molecule has 2 heterocycles. The van der Waals surface area contributed by atoms with Gasteiger partial charge in [0.25, 0.3) is 5.91 Å². The van der Waals surface area contributed by atoms with Crippen LogP contribution in [0.2, 0.25) is 0 Å². The van der Waals surface area contributed by atoms with E-state index in [0.29, 0.717) is 22.8 Å². The van der Waals surface area contributed by atoms with Crippen LogP contribution in [-0.2, 0) is 6.54 Å². The van der Waals surface area contributed by atoms with Crippen molar-refractivity contribution < 1.29 is 9.53 Å². The molecule has 0 saturated carbocycles. The number of ether oxygens (including phenoxy) is 1. The molecule has 0 radical (unpaired) electrons. The smallest absolute Gasteiger partial charge is 0.255 e. The Morgan fingerprint density at radius 2 is 2.04 bits per heavy atom. The van der Waals surface area contributed by atoms with E-state index in [-0.39, 0.29) is 5.91 Å². The van der Waals surface area contributed by atoms with Crippen LogP contribution in [0.5, 0.6) is 5.75 Å². The lowest BCUT2D eigenvalue weighted by Crippen LogP contribution is -2.14. The Kier molecular flexibility index (Phi) is 4.78. The summed E-state index contributed by atoms with van der Waals surface area (Å²) in [5.41, 5.74) is 2.03. The molecule has 0 spiro atoms. The predicted octanol–water partition coefficient (Wildman–Crippen LogP) is 2.44. The molecule has 0 bridgehead atoms. The number of benzene rings is 1. The van der Waals surface area contributed by atoms with E-state index in [0.717, 1.165) is 18.7 Å². The lowest BCUT2D eigenvalue weighted by Gasteiger charge is -2.08. The zero-order valence-corrected chi connectivity index (χ0v) is 14.4. The molecule has 130 valence electrons. The van der Waals surface area contributed by atoms with Crippen LogP contribution in [0.3, 0.4) is 0 Å². The average molecular weight is 340 g/mol. The third-order valence-electron chi connectivity index (χ3n) is 3.86. The number of nitrogens with one attached hydrogen (secondary N) is 1. The van der Waals surface area contributed by atoms with Crippen molar-refractivity contribution >= 4 is 11.6 Å². The van der Waals surface area contributed by atoms with E-state index in [1.165, 1.54) is 0 Å². The highest BCUT2D eigenvalue weighted by Gasteiger charge is 2.19. The van der Waals surface area contributed by atoms with Crippen molar-refractivity contribution in [2.24, 2.45) is 0 Å². The number of methoxy groups -OCH3 is 1. The van der Waals surface area contributed by atoms with Gasteiger partial charge in [0.15, 0.2) is 5.82 Å². The molecule has 1 amide bonds. The van der Waals surface area contributed by atoms with Crippen molar-refractivity contribution in [2.75, 3.05) is 12.4 Å². The van der Waals surface area contributed by atoms with Crippen LogP contribution >= 0.6 is 0 Å². The number of aromatic nitrogens is 5. The highest BCUT2D eigenvalue weighted by atomic mass is 16.5. The van der Waals surface area contributed by atoms with Crippen LogP contribution in [0.4, 0.5) is 5.69 Å². The molecule has 3 rings (SSSR count). The molecule has 1 aromatic carbocycles. The zero-order valence-electron chi connectivity index (χ0n) is 14.4. The molecule has 0 aliphatic carbocycles. The molecule has 2 aromatic heterocycles. The largest absolute Gasteiger partial charge is 0.497 e. The van der Waals surface area contributed by atoms with E-state index in [1.807, 2.05) is 11.6 Å². The number of carbonyl (C=O) groups excluding carboxylic acids is 1. The van der Waals surface area contributed by atoms with E-state index in [1.54, 1.807) is 48.6 Å². The number of amides is 1. The highest BCUT2D eigenvalue weighted by Crippen LogP contribution is 2.25. The molecule has 3 aromatic rings. The molecule has 0 atom stereocenters. The van der Waals surface area contributed by atoms with Crippen molar-refractivity contribution in [3.63, 3.8) is 0 Å². The van der Waals surface area contributed by atoms with Gasteiger partial charge in [-0.15, -0.1) is 10.2 Å². The van der Waals surface area contributed by atoms with Crippen molar-refractivity contribution in [2.45, 2.75) is 26.8 Å². The van der Waals surface area contributed by atoms with Crippen LogP contribution in [0.25, 0.3) is 5.82 Å². The Balaban J connectivity index is 1.96. The summed E-state index contributed by atoms with van der Waals surface area (Å²) in [4.78, 5) is 12.7. The molecule has 25 heavy (non-hydrogen) atoms. The monoisotopic (exact) mass is 340 g/mol. The van der Waals surface area contributed by atoms with Gasteiger partial charge in [-0.2, -0.15) is 5.10 Å².